The third kappa shape index (κ3) is 1.50. The summed E-state index contributed by atoms with van der Waals surface area (Å²) in [6.07, 6.45) is 4.00. The molecule has 0 aromatic carbocycles. The first-order valence-corrected chi connectivity index (χ1v) is 5.56. The summed E-state index contributed by atoms with van der Waals surface area (Å²) in [4.78, 5) is 2.61. The van der Waals surface area contributed by atoms with Crippen molar-refractivity contribution in [3.63, 3.8) is 0 Å². The minimum Gasteiger partial charge on any atom is -0.326 e. The molecule has 2 heteroatoms. The minimum absolute atomic E-state index is 0.407. The van der Waals surface area contributed by atoms with Gasteiger partial charge in [-0.05, 0) is 38.5 Å². The molecule has 1 aliphatic heterocycles. The molecule has 76 valence electrons. The summed E-state index contributed by atoms with van der Waals surface area (Å²) >= 11 is 0. The molecule has 0 aromatic heterocycles. The fourth-order valence-corrected chi connectivity index (χ4v) is 2.55. The van der Waals surface area contributed by atoms with Gasteiger partial charge in [0.1, 0.15) is 0 Å². The van der Waals surface area contributed by atoms with Gasteiger partial charge in [-0.15, -0.1) is 0 Å². The van der Waals surface area contributed by atoms with E-state index in [9.17, 15) is 0 Å². The highest BCUT2D eigenvalue weighted by Crippen LogP contribution is 2.50. The molecule has 0 bridgehead atoms. The van der Waals surface area contributed by atoms with Crippen molar-refractivity contribution in [3.05, 3.63) is 0 Å². The van der Waals surface area contributed by atoms with Gasteiger partial charge in [-0.3, -0.25) is 4.90 Å². The SMILES string of the molecule is CC1C(N)CCN1C(C)C1(C)CC1. The highest BCUT2D eigenvalue weighted by Gasteiger charge is 2.47. The van der Waals surface area contributed by atoms with E-state index in [1.807, 2.05) is 0 Å². The molecule has 3 atom stereocenters. The highest BCUT2D eigenvalue weighted by atomic mass is 15.2. The van der Waals surface area contributed by atoms with Gasteiger partial charge in [0.25, 0.3) is 0 Å². The third-order valence-corrected chi connectivity index (χ3v) is 4.41. The second-order valence-corrected chi connectivity index (χ2v) is 5.26. The maximum Gasteiger partial charge on any atom is 0.0222 e. The van der Waals surface area contributed by atoms with Crippen molar-refractivity contribution < 1.29 is 0 Å². The van der Waals surface area contributed by atoms with Crippen LogP contribution in [0.15, 0.2) is 0 Å². The Balaban J connectivity index is 2.01. The second kappa shape index (κ2) is 2.96. The zero-order valence-electron chi connectivity index (χ0n) is 9.09. The van der Waals surface area contributed by atoms with E-state index in [-0.39, 0.29) is 0 Å². The van der Waals surface area contributed by atoms with Gasteiger partial charge in [0.15, 0.2) is 0 Å². The molecule has 2 fully saturated rings. The van der Waals surface area contributed by atoms with Gasteiger partial charge >= 0.3 is 0 Å². The fraction of sp³-hybridized carbons (Fsp3) is 1.00. The van der Waals surface area contributed by atoms with Gasteiger partial charge < -0.3 is 5.73 Å². The summed E-state index contributed by atoms with van der Waals surface area (Å²) in [5.41, 5.74) is 6.64. The Hall–Kier alpha value is -0.0800. The summed E-state index contributed by atoms with van der Waals surface area (Å²) in [5.74, 6) is 0. The molecular weight excluding hydrogens is 160 g/mol. The van der Waals surface area contributed by atoms with Crippen LogP contribution in [0.3, 0.4) is 0 Å². The van der Waals surface area contributed by atoms with Crippen LogP contribution in [0.25, 0.3) is 0 Å². The van der Waals surface area contributed by atoms with Crippen molar-refractivity contribution in [1.29, 1.82) is 0 Å². The van der Waals surface area contributed by atoms with Gasteiger partial charge in [-0.2, -0.15) is 0 Å². The molecule has 2 rings (SSSR count). The van der Waals surface area contributed by atoms with E-state index >= 15 is 0 Å². The largest absolute Gasteiger partial charge is 0.326 e. The fourth-order valence-electron chi connectivity index (χ4n) is 2.55. The third-order valence-electron chi connectivity index (χ3n) is 4.41. The van der Waals surface area contributed by atoms with Crippen LogP contribution in [0.1, 0.15) is 40.0 Å². The predicted octanol–water partition coefficient (Wildman–Crippen LogP) is 1.60. The molecule has 1 saturated heterocycles. The van der Waals surface area contributed by atoms with Crippen LogP contribution in [-0.2, 0) is 0 Å². The molecule has 0 amide bonds. The van der Waals surface area contributed by atoms with Gasteiger partial charge in [0.05, 0.1) is 0 Å². The van der Waals surface area contributed by atoms with Gasteiger partial charge in [-0.1, -0.05) is 6.92 Å². The van der Waals surface area contributed by atoms with Crippen molar-refractivity contribution in [2.75, 3.05) is 6.54 Å². The van der Waals surface area contributed by atoms with Crippen molar-refractivity contribution >= 4 is 0 Å². The van der Waals surface area contributed by atoms with Gasteiger partial charge in [-0.25, -0.2) is 0 Å². The van der Waals surface area contributed by atoms with E-state index in [4.69, 9.17) is 5.73 Å². The number of rotatable bonds is 2. The molecule has 1 aliphatic carbocycles. The number of hydrogen-bond acceptors (Lipinski definition) is 2. The zero-order chi connectivity index (χ0) is 9.64. The average Bonchev–Trinajstić information content (AvgIpc) is 2.76. The number of hydrogen-bond donors (Lipinski definition) is 1. The Morgan fingerprint density at radius 2 is 2.08 bits per heavy atom. The van der Waals surface area contributed by atoms with Crippen molar-refractivity contribution in [1.82, 2.24) is 4.90 Å². The van der Waals surface area contributed by atoms with Crippen molar-refractivity contribution in [3.8, 4) is 0 Å². The maximum absolute atomic E-state index is 6.03. The predicted molar refractivity (Wildman–Crippen MR) is 55.6 cm³/mol. The van der Waals surface area contributed by atoms with Crippen LogP contribution >= 0.6 is 0 Å². The summed E-state index contributed by atoms with van der Waals surface area (Å²) in [6, 6.07) is 1.73. The molecule has 0 radical (unpaired) electrons. The first-order chi connectivity index (χ1) is 6.04. The maximum atomic E-state index is 6.03. The van der Waals surface area contributed by atoms with E-state index in [1.165, 1.54) is 25.8 Å². The molecule has 2 aliphatic rings. The summed E-state index contributed by atoms with van der Waals surface area (Å²) in [6.45, 7) is 8.27. The molecule has 2 N–H and O–H groups in total. The van der Waals surface area contributed by atoms with E-state index in [2.05, 4.69) is 25.7 Å². The molecule has 1 saturated carbocycles. The quantitative estimate of drug-likeness (QED) is 0.703. The first kappa shape index (κ1) is 9.47. The molecule has 13 heavy (non-hydrogen) atoms. The van der Waals surface area contributed by atoms with E-state index in [0.29, 0.717) is 17.5 Å². The molecule has 0 aromatic rings. The minimum atomic E-state index is 0.407. The average molecular weight is 182 g/mol. The highest BCUT2D eigenvalue weighted by molar-refractivity contribution is 5.01. The molecule has 1 heterocycles. The lowest BCUT2D eigenvalue weighted by Crippen LogP contribution is -2.44. The van der Waals surface area contributed by atoms with Crippen molar-refractivity contribution in [2.24, 2.45) is 11.1 Å². The van der Waals surface area contributed by atoms with E-state index in [1.54, 1.807) is 0 Å². The zero-order valence-corrected chi connectivity index (χ0v) is 9.09. The molecule has 3 unspecified atom stereocenters. The number of likely N-dealkylation sites (tertiary alicyclic amines) is 1. The summed E-state index contributed by atoms with van der Waals surface area (Å²) in [5, 5.41) is 0. The van der Waals surface area contributed by atoms with E-state index < -0.39 is 0 Å². The monoisotopic (exact) mass is 182 g/mol. The molecule has 2 nitrogen and oxygen atoms in total. The Morgan fingerprint density at radius 3 is 2.46 bits per heavy atom. The molecular formula is C11H22N2. The Kier molecular flexibility index (Phi) is 2.16. The lowest BCUT2D eigenvalue weighted by molar-refractivity contribution is 0.140. The van der Waals surface area contributed by atoms with Crippen LogP contribution in [0.4, 0.5) is 0 Å². The molecule has 0 spiro atoms. The van der Waals surface area contributed by atoms with Gasteiger partial charge in [0, 0.05) is 24.7 Å². The van der Waals surface area contributed by atoms with Crippen LogP contribution in [0, 0.1) is 5.41 Å². The van der Waals surface area contributed by atoms with Crippen LogP contribution < -0.4 is 5.73 Å². The van der Waals surface area contributed by atoms with Crippen LogP contribution in [0.5, 0.6) is 0 Å². The lowest BCUT2D eigenvalue weighted by Gasteiger charge is -2.34. The topological polar surface area (TPSA) is 29.3 Å². The Bertz CT molecular complexity index is 198. The van der Waals surface area contributed by atoms with Gasteiger partial charge in [0.2, 0.25) is 0 Å². The second-order valence-electron chi connectivity index (χ2n) is 5.26. The summed E-state index contributed by atoms with van der Waals surface area (Å²) in [7, 11) is 0. The normalized spacial score (nSPS) is 40.6. The Labute approximate surface area is 81.5 Å². The van der Waals surface area contributed by atoms with Crippen LogP contribution in [-0.4, -0.2) is 29.6 Å². The Morgan fingerprint density at radius 1 is 1.46 bits per heavy atom. The number of nitrogens with two attached hydrogens (primary N) is 1. The smallest absolute Gasteiger partial charge is 0.0222 e. The van der Waals surface area contributed by atoms with Crippen LogP contribution in [0.2, 0.25) is 0 Å². The summed E-state index contributed by atoms with van der Waals surface area (Å²) < 4.78 is 0. The number of nitrogens with zero attached hydrogens (tertiary/aromatic N) is 1. The lowest BCUT2D eigenvalue weighted by atomic mass is 9.98. The standard InChI is InChI=1S/C11H22N2/c1-8-10(12)4-7-13(8)9(2)11(3)5-6-11/h8-10H,4-7,12H2,1-3H3. The first-order valence-electron chi connectivity index (χ1n) is 5.56. The van der Waals surface area contributed by atoms with E-state index in [0.717, 1.165) is 6.04 Å². The van der Waals surface area contributed by atoms with Crippen molar-refractivity contribution in [2.45, 2.75) is 58.2 Å².